The highest BCUT2D eigenvalue weighted by Crippen LogP contribution is 2.44. The molecule has 0 aromatic heterocycles. The van der Waals surface area contributed by atoms with Crippen LogP contribution in [0.25, 0.3) is 0 Å². The fourth-order valence-electron chi connectivity index (χ4n) is 3.14. The summed E-state index contributed by atoms with van der Waals surface area (Å²) in [5.41, 5.74) is 1.69. The van der Waals surface area contributed by atoms with Crippen LogP contribution in [0, 0.1) is 16.2 Å². The van der Waals surface area contributed by atoms with E-state index < -0.39 is 0 Å². The van der Waals surface area contributed by atoms with E-state index in [1.165, 1.54) is 5.57 Å². The molecule has 0 aromatic rings. The summed E-state index contributed by atoms with van der Waals surface area (Å²) in [4.78, 5) is 5.13. The van der Waals surface area contributed by atoms with Gasteiger partial charge in [0.25, 0.3) is 0 Å². The lowest BCUT2D eigenvalue weighted by molar-refractivity contribution is 0.213. The Kier molecular flexibility index (Phi) is 3.63. The maximum Gasteiger partial charge on any atom is 0.126 e. The van der Waals surface area contributed by atoms with Crippen molar-refractivity contribution < 1.29 is 0 Å². The second kappa shape index (κ2) is 4.69. The Morgan fingerprint density at radius 1 is 0.905 bits per heavy atom. The van der Waals surface area contributed by atoms with E-state index in [1.54, 1.807) is 0 Å². The number of hydrazone groups is 1. The predicted molar refractivity (Wildman–Crippen MR) is 91.8 cm³/mol. The molecule has 0 radical (unpaired) electrons. The van der Waals surface area contributed by atoms with Crippen molar-refractivity contribution >= 4 is 12.1 Å². The first kappa shape index (κ1) is 16.3. The van der Waals surface area contributed by atoms with Crippen LogP contribution in [-0.2, 0) is 0 Å². The molecule has 0 spiro atoms. The van der Waals surface area contributed by atoms with E-state index in [2.05, 4.69) is 78.5 Å². The van der Waals surface area contributed by atoms with Gasteiger partial charge in [0.05, 0.1) is 12.1 Å². The van der Waals surface area contributed by atoms with E-state index >= 15 is 0 Å². The molecule has 0 amide bonds. The summed E-state index contributed by atoms with van der Waals surface area (Å²) in [5, 5.41) is 6.85. The number of nitrogens with zero attached hydrogens (tertiary/aromatic N) is 3. The number of hydrogen-bond acceptors (Lipinski definition) is 3. The van der Waals surface area contributed by atoms with Gasteiger partial charge in [-0.25, -0.2) is 5.01 Å². The van der Waals surface area contributed by atoms with Crippen LogP contribution in [0.15, 0.2) is 21.7 Å². The molecule has 2 rings (SSSR count). The van der Waals surface area contributed by atoms with Crippen molar-refractivity contribution in [1.29, 1.82) is 0 Å². The van der Waals surface area contributed by atoms with Gasteiger partial charge in [0.2, 0.25) is 0 Å². The van der Waals surface area contributed by atoms with Crippen molar-refractivity contribution in [1.82, 2.24) is 5.01 Å². The molecule has 21 heavy (non-hydrogen) atoms. The van der Waals surface area contributed by atoms with Crippen LogP contribution in [0.2, 0.25) is 0 Å². The Bertz CT molecular complexity index is 504. The molecule has 0 aliphatic carbocycles. The van der Waals surface area contributed by atoms with Gasteiger partial charge in [-0.2, -0.15) is 5.10 Å². The maximum atomic E-state index is 5.13. The van der Waals surface area contributed by atoms with E-state index in [9.17, 15) is 0 Å². The van der Waals surface area contributed by atoms with Gasteiger partial charge in [0, 0.05) is 11.6 Å². The molecule has 0 bridgehead atoms. The molecule has 0 saturated carbocycles. The Labute approximate surface area is 130 Å². The lowest BCUT2D eigenvalue weighted by Gasteiger charge is -2.41. The van der Waals surface area contributed by atoms with Gasteiger partial charge < -0.3 is 0 Å². The first-order chi connectivity index (χ1) is 9.33. The monoisotopic (exact) mass is 289 g/mol. The van der Waals surface area contributed by atoms with Gasteiger partial charge in [0.1, 0.15) is 5.84 Å². The second-order valence-corrected chi connectivity index (χ2v) is 9.44. The number of hydrogen-bond donors (Lipinski definition) is 0. The highest BCUT2D eigenvalue weighted by atomic mass is 15.5. The topological polar surface area (TPSA) is 28.0 Å². The van der Waals surface area contributed by atoms with Crippen molar-refractivity contribution in [3.63, 3.8) is 0 Å². The quantitative estimate of drug-likeness (QED) is 0.645. The molecule has 3 heteroatoms. The number of aliphatic imine (C=N–C) groups is 1. The molecule has 0 saturated heterocycles. The Morgan fingerprint density at radius 2 is 1.48 bits per heavy atom. The van der Waals surface area contributed by atoms with E-state index in [0.29, 0.717) is 0 Å². The third kappa shape index (κ3) is 2.93. The number of amidine groups is 1. The van der Waals surface area contributed by atoms with Crippen LogP contribution in [0.5, 0.6) is 0 Å². The average Bonchev–Trinajstić information content (AvgIpc) is 2.65. The van der Waals surface area contributed by atoms with Crippen LogP contribution in [0.4, 0.5) is 0 Å². The Balaban J connectivity index is 2.54. The zero-order chi connectivity index (χ0) is 16.2. The van der Waals surface area contributed by atoms with Crippen molar-refractivity contribution in [2.24, 2.45) is 26.3 Å². The minimum absolute atomic E-state index is 0.00985. The Hall–Kier alpha value is -1.12. The molecule has 2 aliphatic heterocycles. The third-order valence-electron chi connectivity index (χ3n) is 4.23. The van der Waals surface area contributed by atoms with Gasteiger partial charge in [-0.05, 0) is 22.5 Å². The molecule has 2 atom stereocenters. The predicted octanol–water partition coefficient (Wildman–Crippen LogP) is 4.50. The summed E-state index contributed by atoms with van der Waals surface area (Å²) < 4.78 is 0. The van der Waals surface area contributed by atoms with Crippen LogP contribution in [0.3, 0.4) is 0 Å². The van der Waals surface area contributed by atoms with E-state index in [4.69, 9.17) is 4.99 Å². The fourth-order valence-corrected chi connectivity index (χ4v) is 3.14. The van der Waals surface area contributed by atoms with E-state index in [1.807, 2.05) is 6.21 Å². The van der Waals surface area contributed by atoms with E-state index in [0.717, 1.165) is 5.84 Å². The van der Waals surface area contributed by atoms with Crippen molar-refractivity contribution in [3.05, 3.63) is 11.6 Å². The number of fused-ring (bicyclic) bond motifs is 1. The van der Waals surface area contributed by atoms with Crippen molar-refractivity contribution in [2.45, 2.75) is 74.4 Å². The van der Waals surface area contributed by atoms with Gasteiger partial charge in [-0.3, -0.25) is 4.99 Å². The van der Waals surface area contributed by atoms with Crippen LogP contribution in [-0.4, -0.2) is 29.1 Å². The molecule has 0 N–H and O–H groups in total. The van der Waals surface area contributed by atoms with Gasteiger partial charge >= 0.3 is 0 Å². The summed E-state index contributed by atoms with van der Waals surface area (Å²) in [6.45, 7) is 20.4. The standard InChI is InChI=1S/C18H31N3/c1-16(2,3)12-10-11-19-21-13(12)14(17(4,5)6)20-15(21)18(7,8)9/h10-11,13-14H,1-9H3. The van der Waals surface area contributed by atoms with Crippen molar-refractivity contribution in [2.75, 3.05) is 0 Å². The lowest BCUT2D eigenvalue weighted by atomic mass is 9.73. The highest BCUT2D eigenvalue weighted by molar-refractivity contribution is 5.92. The molecule has 2 heterocycles. The molecule has 2 aliphatic rings. The summed E-state index contributed by atoms with van der Waals surface area (Å²) in [6.07, 6.45) is 4.13. The molecular formula is C18H31N3. The summed E-state index contributed by atoms with van der Waals surface area (Å²) in [7, 11) is 0. The smallest absolute Gasteiger partial charge is 0.126 e. The van der Waals surface area contributed by atoms with Gasteiger partial charge in [-0.15, -0.1) is 0 Å². The first-order valence-corrected chi connectivity index (χ1v) is 7.95. The average molecular weight is 289 g/mol. The largest absolute Gasteiger partial charge is 0.264 e. The third-order valence-corrected chi connectivity index (χ3v) is 4.23. The van der Waals surface area contributed by atoms with Crippen molar-refractivity contribution in [3.8, 4) is 0 Å². The van der Waals surface area contributed by atoms with Gasteiger partial charge in [0.15, 0.2) is 0 Å². The fraction of sp³-hybridized carbons (Fsp3) is 0.778. The summed E-state index contributed by atoms with van der Waals surface area (Å²) in [6, 6.07) is 0.499. The zero-order valence-corrected chi connectivity index (χ0v) is 15.2. The minimum atomic E-state index is 0.00985. The Morgan fingerprint density at radius 3 is 1.90 bits per heavy atom. The SMILES string of the molecule is CC(C)(C)C1=CC=NN2C(C(C)(C)C)=NC(C(C)(C)C)C12. The first-order valence-electron chi connectivity index (χ1n) is 7.95. The lowest BCUT2D eigenvalue weighted by Crippen LogP contribution is -2.48. The number of allylic oxidation sites excluding steroid dienone is 1. The number of rotatable bonds is 0. The molecule has 2 unspecified atom stereocenters. The summed E-state index contributed by atoms with van der Waals surface area (Å²) in [5.74, 6) is 1.11. The minimum Gasteiger partial charge on any atom is -0.264 e. The molecular weight excluding hydrogens is 258 g/mol. The molecule has 3 nitrogen and oxygen atoms in total. The molecule has 0 aromatic carbocycles. The highest BCUT2D eigenvalue weighted by Gasteiger charge is 2.49. The molecule has 0 fully saturated rings. The van der Waals surface area contributed by atoms with Crippen LogP contribution >= 0.6 is 0 Å². The normalized spacial score (nSPS) is 26.6. The van der Waals surface area contributed by atoms with Gasteiger partial charge in [-0.1, -0.05) is 62.3 Å². The van der Waals surface area contributed by atoms with E-state index in [-0.39, 0.29) is 28.3 Å². The maximum absolute atomic E-state index is 5.13. The summed E-state index contributed by atoms with van der Waals surface area (Å²) >= 11 is 0. The van der Waals surface area contributed by atoms with Crippen LogP contribution < -0.4 is 0 Å². The van der Waals surface area contributed by atoms with Crippen LogP contribution in [0.1, 0.15) is 62.3 Å². The molecule has 118 valence electrons. The zero-order valence-electron chi connectivity index (χ0n) is 15.2. The second-order valence-electron chi connectivity index (χ2n) is 9.44.